The number of benzene rings is 2. The summed E-state index contributed by atoms with van der Waals surface area (Å²) in [6.45, 7) is 0. The van der Waals surface area contributed by atoms with Crippen LogP contribution in [0.25, 0.3) is 10.9 Å². The Morgan fingerprint density at radius 1 is 0.848 bits per heavy atom. The van der Waals surface area contributed by atoms with E-state index in [4.69, 9.17) is 0 Å². The Labute approximate surface area is 185 Å². The van der Waals surface area contributed by atoms with E-state index in [-0.39, 0.29) is 34.2 Å². The Kier molecular flexibility index (Phi) is 6.18. The molecular weight excluding hydrogens is 448 g/mol. The van der Waals surface area contributed by atoms with Gasteiger partial charge >= 0.3 is 6.18 Å². The van der Waals surface area contributed by atoms with E-state index in [0.717, 1.165) is 30.3 Å². The first-order valence-electron chi connectivity index (χ1n) is 10.3. The summed E-state index contributed by atoms with van der Waals surface area (Å²) >= 11 is 0. The number of amides is 1. The van der Waals surface area contributed by atoms with Gasteiger partial charge in [-0.05, 0) is 62.1 Å². The van der Waals surface area contributed by atoms with Gasteiger partial charge in [0.05, 0.1) is 5.52 Å². The third-order valence-electron chi connectivity index (χ3n) is 5.61. The lowest BCUT2D eigenvalue weighted by Gasteiger charge is -2.30. The van der Waals surface area contributed by atoms with Crippen LogP contribution in [0.2, 0.25) is 0 Å². The van der Waals surface area contributed by atoms with Crippen molar-refractivity contribution >= 4 is 22.5 Å². The number of rotatable bonds is 4. The van der Waals surface area contributed by atoms with Crippen LogP contribution in [-0.2, 0) is 6.18 Å². The Morgan fingerprint density at radius 3 is 2.12 bits per heavy atom. The van der Waals surface area contributed by atoms with Crippen LogP contribution in [0.3, 0.4) is 0 Å². The molecule has 1 aliphatic rings. The minimum Gasteiger partial charge on any atom is -0.382 e. The number of hydrogen-bond acceptors (Lipinski definition) is 3. The predicted molar refractivity (Wildman–Crippen MR) is 110 cm³/mol. The number of alkyl halides is 3. The highest BCUT2D eigenvalue weighted by Crippen LogP contribution is 2.34. The Morgan fingerprint density at radius 2 is 1.48 bits per heavy atom. The summed E-state index contributed by atoms with van der Waals surface area (Å²) in [5.41, 5.74) is -1.04. The summed E-state index contributed by atoms with van der Waals surface area (Å²) < 4.78 is 80.2. The smallest absolute Gasteiger partial charge is 0.382 e. The molecule has 1 aliphatic carbocycles. The second-order valence-corrected chi connectivity index (χ2v) is 8.04. The highest BCUT2D eigenvalue weighted by molar-refractivity contribution is 5.94. The maximum atomic E-state index is 13.7. The first-order chi connectivity index (χ1) is 15.6. The molecule has 33 heavy (non-hydrogen) atoms. The minimum absolute atomic E-state index is 0.0250. The average molecular weight is 467 g/mol. The zero-order chi connectivity index (χ0) is 23.8. The number of anilines is 1. The lowest BCUT2D eigenvalue weighted by Crippen LogP contribution is -2.40. The molecule has 10 heteroatoms. The second-order valence-electron chi connectivity index (χ2n) is 8.04. The lowest BCUT2D eigenvalue weighted by molar-refractivity contribution is -0.140. The van der Waals surface area contributed by atoms with Gasteiger partial charge < -0.3 is 10.6 Å². The molecule has 0 spiro atoms. The van der Waals surface area contributed by atoms with Gasteiger partial charge in [0.2, 0.25) is 0 Å². The van der Waals surface area contributed by atoms with E-state index >= 15 is 0 Å². The topological polar surface area (TPSA) is 54.0 Å². The van der Waals surface area contributed by atoms with Crippen molar-refractivity contribution in [2.75, 3.05) is 5.32 Å². The van der Waals surface area contributed by atoms with Crippen molar-refractivity contribution in [2.45, 2.75) is 43.9 Å². The van der Waals surface area contributed by atoms with Gasteiger partial charge in [-0.15, -0.1) is 0 Å². The molecule has 1 heterocycles. The van der Waals surface area contributed by atoms with Crippen LogP contribution in [0.5, 0.6) is 0 Å². The molecule has 174 valence electrons. The number of pyridine rings is 1. The SMILES string of the molecule is O=C(NC1CCC(Nc2cc(C(F)(F)F)nc3ccc(F)cc23)CC1)c1cc(F)cc(F)c1. The van der Waals surface area contributed by atoms with Crippen LogP contribution in [0, 0.1) is 17.5 Å². The number of nitrogens with one attached hydrogen (secondary N) is 2. The molecule has 0 aliphatic heterocycles. The van der Waals surface area contributed by atoms with E-state index in [1.807, 2.05) is 0 Å². The van der Waals surface area contributed by atoms with Crippen LogP contribution in [0.4, 0.5) is 32.0 Å². The monoisotopic (exact) mass is 467 g/mol. The van der Waals surface area contributed by atoms with Crippen molar-refractivity contribution < 1.29 is 31.1 Å². The zero-order valence-corrected chi connectivity index (χ0v) is 17.1. The van der Waals surface area contributed by atoms with Gasteiger partial charge in [0, 0.05) is 34.8 Å². The molecule has 1 amide bonds. The van der Waals surface area contributed by atoms with Gasteiger partial charge in [-0.2, -0.15) is 13.2 Å². The Hall–Kier alpha value is -3.30. The van der Waals surface area contributed by atoms with E-state index in [9.17, 15) is 31.1 Å². The highest BCUT2D eigenvalue weighted by atomic mass is 19.4. The fourth-order valence-corrected chi connectivity index (χ4v) is 4.02. The fraction of sp³-hybridized carbons (Fsp3) is 0.304. The van der Waals surface area contributed by atoms with Gasteiger partial charge in [0.25, 0.3) is 5.91 Å². The number of carbonyl (C=O) groups is 1. The number of aromatic nitrogens is 1. The van der Waals surface area contributed by atoms with Crippen molar-refractivity contribution in [3.8, 4) is 0 Å². The largest absolute Gasteiger partial charge is 0.433 e. The molecule has 0 atom stereocenters. The van der Waals surface area contributed by atoms with E-state index in [1.165, 1.54) is 6.07 Å². The van der Waals surface area contributed by atoms with Crippen LogP contribution in [0.1, 0.15) is 41.7 Å². The van der Waals surface area contributed by atoms with Gasteiger partial charge in [-0.3, -0.25) is 4.79 Å². The maximum Gasteiger partial charge on any atom is 0.433 e. The first kappa shape index (κ1) is 22.9. The zero-order valence-electron chi connectivity index (χ0n) is 17.1. The third kappa shape index (κ3) is 5.37. The second kappa shape index (κ2) is 8.92. The van der Waals surface area contributed by atoms with E-state index in [1.54, 1.807) is 0 Å². The summed E-state index contributed by atoms with van der Waals surface area (Å²) in [5, 5.41) is 6.04. The number of halogens is 6. The van der Waals surface area contributed by atoms with Crippen LogP contribution >= 0.6 is 0 Å². The van der Waals surface area contributed by atoms with Crippen molar-refractivity contribution in [2.24, 2.45) is 0 Å². The summed E-state index contributed by atoms with van der Waals surface area (Å²) in [6, 6.07) is 6.36. The molecule has 0 unspecified atom stereocenters. The van der Waals surface area contributed by atoms with Gasteiger partial charge in [0.15, 0.2) is 0 Å². The number of nitrogens with zero attached hydrogens (tertiary/aromatic N) is 1. The number of carbonyl (C=O) groups excluding carboxylic acids is 1. The number of hydrogen-bond donors (Lipinski definition) is 2. The Bertz CT molecular complexity index is 1170. The summed E-state index contributed by atoms with van der Waals surface area (Å²) in [7, 11) is 0. The molecule has 0 bridgehead atoms. The lowest BCUT2D eigenvalue weighted by atomic mass is 9.90. The van der Waals surface area contributed by atoms with Crippen molar-refractivity contribution in [1.82, 2.24) is 10.3 Å². The molecule has 4 nitrogen and oxygen atoms in total. The average Bonchev–Trinajstić information content (AvgIpc) is 2.74. The normalized spacial score (nSPS) is 18.8. The van der Waals surface area contributed by atoms with Gasteiger partial charge in [0.1, 0.15) is 23.1 Å². The van der Waals surface area contributed by atoms with Crippen molar-refractivity contribution in [1.29, 1.82) is 0 Å². The fourth-order valence-electron chi connectivity index (χ4n) is 4.02. The molecular formula is C23H19F6N3O. The van der Waals surface area contributed by atoms with Crippen LogP contribution in [-0.4, -0.2) is 23.0 Å². The summed E-state index contributed by atoms with van der Waals surface area (Å²) in [5.74, 6) is -2.90. The molecule has 1 aromatic heterocycles. The van der Waals surface area contributed by atoms with Gasteiger partial charge in [-0.1, -0.05) is 0 Å². The maximum absolute atomic E-state index is 13.7. The summed E-state index contributed by atoms with van der Waals surface area (Å²) in [4.78, 5) is 15.9. The van der Waals surface area contributed by atoms with E-state index < -0.39 is 35.2 Å². The molecule has 2 N–H and O–H groups in total. The van der Waals surface area contributed by atoms with Crippen molar-refractivity contribution in [3.63, 3.8) is 0 Å². The molecule has 1 fully saturated rings. The first-order valence-corrected chi connectivity index (χ1v) is 10.3. The summed E-state index contributed by atoms with van der Waals surface area (Å²) in [6.07, 6.45) is -2.61. The molecule has 4 rings (SSSR count). The molecule has 1 saturated carbocycles. The standard InChI is InChI=1S/C23H19F6N3O/c24-13-1-6-19-18(10-13)20(11-21(32-19)23(27,28)29)30-16-2-4-17(5-3-16)31-22(33)12-7-14(25)9-15(26)8-12/h1,6-11,16-17H,2-5H2,(H,30,32)(H,31,33). The third-order valence-corrected chi connectivity index (χ3v) is 5.61. The van der Waals surface area contributed by atoms with Crippen molar-refractivity contribution in [3.05, 3.63) is 71.2 Å². The van der Waals surface area contributed by atoms with E-state index in [2.05, 4.69) is 15.6 Å². The Balaban J connectivity index is 1.44. The van der Waals surface area contributed by atoms with E-state index in [0.29, 0.717) is 31.7 Å². The molecule has 3 aromatic rings. The molecule has 0 saturated heterocycles. The molecule has 2 aromatic carbocycles. The van der Waals surface area contributed by atoms with Crippen LogP contribution < -0.4 is 10.6 Å². The quantitative estimate of drug-likeness (QED) is 0.475. The highest BCUT2D eigenvalue weighted by Gasteiger charge is 2.34. The van der Waals surface area contributed by atoms with Crippen LogP contribution in [0.15, 0.2) is 42.5 Å². The van der Waals surface area contributed by atoms with Gasteiger partial charge in [-0.25, -0.2) is 18.2 Å². The number of fused-ring (bicyclic) bond motifs is 1. The molecule has 0 radical (unpaired) electrons. The minimum atomic E-state index is -4.66. The predicted octanol–water partition coefficient (Wildman–Crippen LogP) is 5.82.